The summed E-state index contributed by atoms with van der Waals surface area (Å²) in [6.07, 6.45) is 2.96. The summed E-state index contributed by atoms with van der Waals surface area (Å²) in [5.41, 5.74) is 0.740. The minimum absolute atomic E-state index is 0.169. The number of nitrogens with one attached hydrogen (secondary N) is 2. The van der Waals surface area contributed by atoms with Crippen molar-refractivity contribution in [1.29, 1.82) is 0 Å². The van der Waals surface area contributed by atoms with Crippen molar-refractivity contribution in [3.8, 4) is 0 Å². The lowest BCUT2D eigenvalue weighted by molar-refractivity contribution is -0.132. The normalized spacial score (nSPS) is 23.9. The zero-order valence-corrected chi connectivity index (χ0v) is 11.9. The second-order valence-corrected chi connectivity index (χ2v) is 6.02. The summed E-state index contributed by atoms with van der Waals surface area (Å²) in [4.78, 5) is 16.7. The summed E-state index contributed by atoms with van der Waals surface area (Å²) in [6, 6.07) is 0. The summed E-state index contributed by atoms with van der Waals surface area (Å²) in [5.74, 6) is 0.169. The molecule has 1 aromatic heterocycles. The van der Waals surface area contributed by atoms with Crippen molar-refractivity contribution in [3.63, 3.8) is 0 Å². The molecule has 1 fully saturated rings. The second-order valence-electron chi connectivity index (χ2n) is 4.95. The molecule has 2 heterocycles. The van der Waals surface area contributed by atoms with E-state index in [4.69, 9.17) is 0 Å². The molecule has 18 heavy (non-hydrogen) atoms. The first-order valence-electron chi connectivity index (χ1n) is 6.56. The molecule has 1 amide bonds. The molecule has 1 aliphatic rings. The Morgan fingerprint density at radius 2 is 2.50 bits per heavy atom. The quantitative estimate of drug-likeness (QED) is 0.875. The largest absolute Gasteiger partial charge is 0.350 e. The molecule has 1 saturated heterocycles. The topological polar surface area (TPSA) is 54.0 Å². The Morgan fingerprint density at radius 3 is 3.06 bits per heavy atom. The molecule has 1 atom stereocenters. The molecule has 0 aliphatic carbocycles. The van der Waals surface area contributed by atoms with Gasteiger partial charge in [-0.05, 0) is 32.7 Å². The maximum atomic E-state index is 12.4. The van der Waals surface area contributed by atoms with Gasteiger partial charge in [0.2, 0.25) is 5.91 Å². The van der Waals surface area contributed by atoms with Gasteiger partial charge < -0.3 is 10.6 Å². The number of aromatic nitrogens is 1. The van der Waals surface area contributed by atoms with Crippen molar-refractivity contribution in [2.75, 3.05) is 13.1 Å². The van der Waals surface area contributed by atoms with Crippen LogP contribution >= 0.6 is 11.3 Å². The molecular weight excluding hydrogens is 246 g/mol. The van der Waals surface area contributed by atoms with E-state index in [1.54, 1.807) is 11.3 Å². The predicted molar refractivity (Wildman–Crippen MR) is 73.5 cm³/mol. The summed E-state index contributed by atoms with van der Waals surface area (Å²) < 4.78 is 0. The highest BCUT2D eigenvalue weighted by Crippen LogP contribution is 2.30. The molecule has 0 aromatic carbocycles. The van der Waals surface area contributed by atoms with E-state index < -0.39 is 0 Å². The molecule has 5 heteroatoms. The molecule has 0 radical (unpaired) electrons. The van der Waals surface area contributed by atoms with Gasteiger partial charge in [0.05, 0.1) is 22.7 Å². The first kappa shape index (κ1) is 13.5. The fourth-order valence-electron chi connectivity index (χ4n) is 2.47. The number of aryl methyl sites for hydroxylation is 1. The van der Waals surface area contributed by atoms with Crippen LogP contribution in [0.25, 0.3) is 0 Å². The number of hydrogen-bond donors (Lipinski definition) is 2. The Bertz CT molecular complexity index is 410. The van der Waals surface area contributed by atoms with E-state index in [-0.39, 0.29) is 11.3 Å². The number of nitrogens with zero attached hydrogens (tertiary/aromatic N) is 1. The standard InChI is InChI=1S/C13H21N3OS/c1-3-13(5-4-6-14-9-13)12(17)15-7-11-8-18-10(2)16-11/h8,14H,3-7,9H2,1-2H3,(H,15,17). The fraction of sp³-hybridized carbons (Fsp3) is 0.692. The summed E-state index contributed by atoms with van der Waals surface area (Å²) >= 11 is 1.62. The van der Waals surface area contributed by atoms with E-state index in [0.29, 0.717) is 6.54 Å². The maximum absolute atomic E-state index is 12.4. The van der Waals surface area contributed by atoms with E-state index in [9.17, 15) is 4.79 Å². The van der Waals surface area contributed by atoms with Crippen LogP contribution < -0.4 is 10.6 Å². The Balaban J connectivity index is 1.93. The first-order valence-corrected chi connectivity index (χ1v) is 7.44. The summed E-state index contributed by atoms with van der Waals surface area (Å²) in [6.45, 7) is 6.45. The number of piperidine rings is 1. The highest BCUT2D eigenvalue weighted by molar-refractivity contribution is 7.09. The average molecular weight is 267 g/mol. The Kier molecular flexibility index (Phi) is 4.35. The van der Waals surface area contributed by atoms with E-state index >= 15 is 0 Å². The monoisotopic (exact) mass is 267 g/mol. The number of hydrogen-bond acceptors (Lipinski definition) is 4. The number of carbonyl (C=O) groups excluding carboxylic acids is 1. The Morgan fingerprint density at radius 1 is 1.67 bits per heavy atom. The van der Waals surface area contributed by atoms with E-state index in [0.717, 1.165) is 43.1 Å². The minimum atomic E-state index is -0.219. The zero-order valence-electron chi connectivity index (χ0n) is 11.1. The molecular formula is C13H21N3OS. The lowest BCUT2D eigenvalue weighted by Gasteiger charge is -2.35. The molecule has 100 valence electrons. The third-order valence-corrected chi connectivity index (χ3v) is 4.55. The lowest BCUT2D eigenvalue weighted by atomic mass is 9.77. The van der Waals surface area contributed by atoms with Crippen LogP contribution in [0.3, 0.4) is 0 Å². The van der Waals surface area contributed by atoms with Crippen molar-refractivity contribution in [1.82, 2.24) is 15.6 Å². The van der Waals surface area contributed by atoms with Gasteiger partial charge in [0.25, 0.3) is 0 Å². The average Bonchev–Trinajstić information content (AvgIpc) is 2.82. The smallest absolute Gasteiger partial charge is 0.227 e. The Hall–Kier alpha value is -0.940. The summed E-state index contributed by atoms with van der Waals surface area (Å²) in [7, 11) is 0. The van der Waals surface area contributed by atoms with Crippen molar-refractivity contribution in [2.45, 2.75) is 39.7 Å². The first-order chi connectivity index (χ1) is 8.66. The predicted octanol–water partition coefficient (Wildman–Crippen LogP) is 1.85. The molecule has 1 aromatic rings. The third kappa shape index (κ3) is 2.90. The highest BCUT2D eigenvalue weighted by atomic mass is 32.1. The molecule has 4 nitrogen and oxygen atoms in total. The number of thiazole rings is 1. The van der Waals surface area contributed by atoms with Crippen LogP contribution in [0.1, 0.15) is 36.9 Å². The van der Waals surface area contributed by atoms with Crippen LogP contribution in [0.2, 0.25) is 0 Å². The van der Waals surface area contributed by atoms with Crippen LogP contribution in [-0.4, -0.2) is 24.0 Å². The highest BCUT2D eigenvalue weighted by Gasteiger charge is 2.37. The SMILES string of the molecule is CCC1(C(=O)NCc2csc(C)n2)CCCNC1. The van der Waals surface area contributed by atoms with Crippen molar-refractivity contribution >= 4 is 17.2 Å². The van der Waals surface area contributed by atoms with Gasteiger partial charge in [-0.1, -0.05) is 6.92 Å². The molecule has 1 unspecified atom stereocenters. The molecule has 0 bridgehead atoms. The second kappa shape index (κ2) is 5.80. The lowest BCUT2D eigenvalue weighted by Crippen LogP contribution is -2.50. The van der Waals surface area contributed by atoms with Crippen LogP contribution in [0.4, 0.5) is 0 Å². The van der Waals surface area contributed by atoms with Gasteiger partial charge in [0.1, 0.15) is 0 Å². The fourth-order valence-corrected chi connectivity index (χ4v) is 3.08. The van der Waals surface area contributed by atoms with Crippen LogP contribution in [0.5, 0.6) is 0 Å². The van der Waals surface area contributed by atoms with Crippen molar-refractivity contribution in [3.05, 3.63) is 16.1 Å². The van der Waals surface area contributed by atoms with Crippen LogP contribution in [0.15, 0.2) is 5.38 Å². The third-order valence-electron chi connectivity index (χ3n) is 3.73. The van der Waals surface area contributed by atoms with Gasteiger partial charge in [-0.25, -0.2) is 4.98 Å². The molecule has 2 N–H and O–H groups in total. The summed E-state index contributed by atoms with van der Waals surface area (Å²) in [5, 5.41) is 9.43. The molecule has 2 rings (SSSR count). The van der Waals surface area contributed by atoms with Gasteiger partial charge in [0.15, 0.2) is 0 Å². The Labute approximate surface area is 112 Å². The van der Waals surface area contributed by atoms with E-state index in [2.05, 4.69) is 22.5 Å². The van der Waals surface area contributed by atoms with Gasteiger partial charge in [-0.3, -0.25) is 4.79 Å². The van der Waals surface area contributed by atoms with Crippen LogP contribution in [0, 0.1) is 12.3 Å². The minimum Gasteiger partial charge on any atom is -0.350 e. The molecule has 0 spiro atoms. The van der Waals surface area contributed by atoms with Gasteiger partial charge >= 0.3 is 0 Å². The maximum Gasteiger partial charge on any atom is 0.227 e. The van der Waals surface area contributed by atoms with Gasteiger partial charge in [-0.2, -0.15) is 0 Å². The van der Waals surface area contributed by atoms with Gasteiger partial charge in [-0.15, -0.1) is 11.3 Å². The zero-order chi connectivity index (χ0) is 13.0. The van der Waals surface area contributed by atoms with Crippen molar-refractivity contribution < 1.29 is 4.79 Å². The number of carbonyl (C=O) groups is 1. The van der Waals surface area contributed by atoms with E-state index in [1.165, 1.54) is 0 Å². The molecule has 0 saturated carbocycles. The van der Waals surface area contributed by atoms with E-state index in [1.807, 2.05) is 12.3 Å². The molecule has 1 aliphatic heterocycles. The number of rotatable bonds is 4. The number of amides is 1. The van der Waals surface area contributed by atoms with Crippen molar-refractivity contribution in [2.24, 2.45) is 5.41 Å². The van der Waals surface area contributed by atoms with Crippen LogP contribution in [-0.2, 0) is 11.3 Å². The van der Waals surface area contributed by atoms with Gasteiger partial charge in [0, 0.05) is 11.9 Å².